The van der Waals surface area contributed by atoms with Gasteiger partial charge in [-0.3, -0.25) is 9.59 Å². The van der Waals surface area contributed by atoms with E-state index in [1.807, 2.05) is 6.92 Å². The van der Waals surface area contributed by atoms with Gasteiger partial charge < -0.3 is 10.6 Å². The zero-order valence-corrected chi connectivity index (χ0v) is 16.2. The monoisotopic (exact) mass is 385 g/mol. The van der Waals surface area contributed by atoms with Gasteiger partial charge in [0.25, 0.3) is 5.91 Å². The number of anilines is 1. The van der Waals surface area contributed by atoms with Crippen LogP contribution in [0.4, 0.5) is 5.69 Å². The number of carbonyl (C=O) groups is 2. The van der Waals surface area contributed by atoms with Gasteiger partial charge in [0.2, 0.25) is 5.91 Å². The number of rotatable bonds is 6. The van der Waals surface area contributed by atoms with E-state index in [2.05, 4.69) is 33.1 Å². The average Bonchev–Trinajstić information content (AvgIpc) is 3.24. The molecule has 3 rings (SSSR count). The zero-order chi connectivity index (χ0) is 18.5. The molecular weight excluding hydrogens is 366 g/mol. The summed E-state index contributed by atoms with van der Waals surface area (Å²) in [6, 6.07) is 11.0. The van der Waals surface area contributed by atoms with Crippen molar-refractivity contribution in [2.75, 3.05) is 11.9 Å². The van der Waals surface area contributed by atoms with Crippen LogP contribution in [0.3, 0.4) is 0 Å². The van der Waals surface area contributed by atoms with Crippen molar-refractivity contribution in [1.29, 1.82) is 0 Å². The number of carbonyl (C=O) groups excluding carboxylic acids is 2. The molecule has 2 aromatic heterocycles. The van der Waals surface area contributed by atoms with Gasteiger partial charge >= 0.3 is 0 Å². The van der Waals surface area contributed by atoms with Crippen LogP contribution < -0.4 is 10.6 Å². The average molecular weight is 386 g/mol. The van der Waals surface area contributed by atoms with Crippen LogP contribution in [0, 0.1) is 6.92 Å². The summed E-state index contributed by atoms with van der Waals surface area (Å²) in [7, 11) is 0. The molecular formula is C19H19N3O2S2. The fourth-order valence-corrected chi connectivity index (χ4v) is 4.09. The lowest BCUT2D eigenvalue weighted by atomic mass is 10.2. The summed E-state index contributed by atoms with van der Waals surface area (Å²) in [6.07, 6.45) is 0.781. The van der Waals surface area contributed by atoms with E-state index in [1.54, 1.807) is 46.9 Å². The molecule has 0 bridgehead atoms. The van der Waals surface area contributed by atoms with Crippen LogP contribution in [0.2, 0.25) is 0 Å². The summed E-state index contributed by atoms with van der Waals surface area (Å²) < 4.78 is 0. The van der Waals surface area contributed by atoms with E-state index in [4.69, 9.17) is 0 Å². The molecule has 1 aromatic carbocycles. The van der Waals surface area contributed by atoms with Crippen LogP contribution >= 0.6 is 22.7 Å². The molecule has 0 fully saturated rings. The third kappa shape index (κ3) is 4.77. The Morgan fingerprint density at radius 3 is 2.54 bits per heavy atom. The summed E-state index contributed by atoms with van der Waals surface area (Å²) in [5.74, 6) is -0.253. The maximum absolute atomic E-state index is 12.2. The number of nitrogens with one attached hydrogen (secondary N) is 2. The van der Waals surface area contributed by atoms with E-state index >= 15 is 0 Å². The molecule has 3 aromatic rings. The minimum atomic E-state index is -0.134. The SMILES string of the molecule is CC(=O)Nc1ccc(C(=O)NCCc2ccc(-c3csc(C)n3)s2)cc1. The Labute approximate surface area is 160 Å². The van der Waals surface area contributed by atoms with E-state index in [0.717, 1.165) is 22.0 Å². The van der Waals surface area contributed by atoms with Gasteiger partial charge in [0, 0.05) is 35.0 Å². The Bertz CT molecular complexity index is 913. The zero-order valence-electron chi connectivity index (χ0n) is 14.5. The van der Waals surface area contributed by atoms with E-state index in [1.165, 1.54) is 11.8 Å². The van der Waals surface area contributed by atoms with Crippen LogP contribution in [0.5, 0.6) is 0 Å². The number of benzene rings is 1. The minimum Gasteiger partial charge on any atom is -0.352 e. The molecule has 0 saturated carbocycles. The summed E-state index contributed by atoms with van der Waals surface area (Å²) >= 11 is 3.35. The van der Waals surface area contributed by atoms with E-state index in [9.17, 15) is 9.59 Å². The smallest absolute Gasteiger partial charge is 0.251 e. The number of amides is 2. The van der Waals surface area contributed by atoms with Gasteiger partial charge in [-0.2, -0.15) is 0 Å². The third-order valence-corrected chi connectivity index (χ3v) is 5.60. The molecule has 0 aliphatic rings. The van der Waals surface area contributed by atoms with Crippen LogP contribution in [0.1, 0.15) is 27.2 Å². The molecule has 7 heteroatoms. The molecule has 0 aliphatic carbocycles. The molecule has 0 radical (unpaired) electrons. The molecule has 2 N–H and O–H groups in total. The summed E-state index contributed by atoms with van der Waals surface area (Å²) in [5.41, 5.74) is 2.27. The van der Waals surface area contributed by atoms with Gasteiger partial charge in [-0.1, -0.05) is 0 Å². The molecule has 2 heterocycles. The van der Waals surface area contributed by atoms with E-state index in [0.29, 0.717) is 17.8 Å². The first-order valence-corrected chi connectivity index (χ1v) is 9.88. The summed E-state index contributed by atoms with van der Waals surface area (Å²) in [6.45, 7) is 4.02. The van der Waals surface area contributed by atoms with Gasteiger partial charge in [0.05, 0.1) is 15.6 Å². The second-order valence-corrected chi connectivity index (χ2v) is 8.01. The fraction of sp³-hybridized carbons (Fsp3) is 0.211. The van der Waals surface area contributed by atoms with Crippen molar-refractivity contribution in [3.63, 3.8) is 0 Å². The number of thiophene rings is 1. The molecule has 0 atom stereocenters. The first-order valence-electron chi connectivity index (χ1n) is 8.18. The maximum Gasteiger partial charge on any atom is 0.251 e. The second-order valence-electron chi connectivity index (χ2n) is 5.78. The van der Waals surface area contributed by atoms with Crippen LogP contribution in [-0.4, -0.2) is 23.3 Å². The van der Waals surface area contributed by atoms with Gasteiger partial charge in [-0.05, 0) is 49.7 Å². The van der Waals surface area contributed by atoms with Crippen molar-refractivity contribution in [1.82, 2.24) is 10.3 Å². The first-order chi connectivity index (χ1) is 12.5. The maximum atomic E-state index is 12.2. The number of thiazole rings is 1. The fourth-order valence-electron chi connectivity index (χ4n) is 2.44. The largest absolute Gasteiger partial charge is 0.352 e. The molecule has 5 nitrogen and oxygen atoms in total. The number of hydrogen-bond donors (Lipinski definition) is 2. The standard InChI is InChI=1S/C19H19N3O2S2/c1-12(23)21-15-5-3-14(4-6-15)19(24)20-10-9-16-7-8-18(26-16)17-11-25-13(2)22-17/h3-8,11H,9-10H2,1-2H3,(H,20,24)(H,21,23). The van der Waals surface area contributed by atoms with Gasteiger partial charge in [0.15, 0.2) is 0 Å². The summed E-state index contributed by atoms with van der Waals surface area (Å²) in [4.78, 5) is 30.1. The normalized spacial score (nSPS) is 10.5. The highest BCUT2D eigenvalue weighted by Crippen LogP contribution is 2.29. The molecule has 0 unspecified atom stereocenters. The predicted octanol–water partition coefficient (Wildman–Crippen LogP) is 4.11. The minimum absolute atomic E-state index is 0.119. The highest BCUT2D eigenvalue weighted by atomic mass is 32.1. The molecule has 0 saturated heterocycles. The Morgan fingerprint density at radius 1 is 1.12 bits per heavy atom. The van der Waals surface area contributed by atoms with Crippen molar-refractivity contribution in [3.8, 4) is 10.6 Å². The van der Waals surface area contributed by atoms with Gasteiger partial charge in [0.1, 0.15) is 0 Å². The molecule has 2 amide bonds. The number of aromatic nitrogens is 1. The number of hydrogen-bond acceptors (Lipinski definition) is 5. The third-order valence-electron chi connectivity index (χ3n) is 3.66. The molecule has 0 aliphatic heterocycles. The van der Waals surface area contributed by atoms with Crippen molar-refractivity contribution >= 4 is 40.2 Å². The number of nitrogens with zero attached hydrogens (tertiary/aromatic N) is 1. The highest BCUT2D eigenvalue weighted by Gasteiger charge is 2.08. The molecule has 26 heavy (non-hydrogen) atoms. The van der Waals surface area contributed by atoms with Crippen LogP contribution in [0.15, 0.2) is 41.8 Å². The van der Waals surface area contributed by atoms with Gasteiger partial charge in [-0.25, -0.2) is 4.98 Å². The highest BCUT2D eigenvalue weighted by molar-refractivity contribution is 7.16. The molecule has 0 spiro atoms. The Hall–Kier alpha value is -2.51. The van der Waals surface area contributed by atoms with Crippen molar-refractivity contribution in [2.45, 2.75) is 20.3 Å². The second kappa shape index (κ2) is 8.25. The topological polar surface area (TPSA) is 71.1 Å². The number of aryl methyl sites for hydroxylation is 1. The van der Waals surface area contributed by atoms with Crippen molar-refractivity contribution in [3.05, 3.63) is 57.2 Å². The summed E-state index contributed by atoms with van der Waals surface area (Å²) in [5, 5.41) is 8.74. The van der Waals surface area contributed by atoms with Crippen molar-refractivity contribution < 1.29 is 9.59 Å². The van der Waals surface area contributed by atoms with E-state index < -0.39 is 0 Å². The van der Waals surface area contributed by atoms with E-state index in [-0.39, 0.29) is 11.8 Å². The lowest BCUT2D eigenvalue weighted by Crippen LogP contribution is -2.25. The quantitative estimate of drug-likeness (QED) is 0.671. The predicted molar refractivity (Wildman–Crippen MR) is 107 cm³/mol. The van der Waals surface area contributed by atoms with Gasteiger partial charge in [-0.15, -0.1) is 22.7 Å². The van der Waals surface area contributed by atoms with Crippen LogP contribution in [-0.2, 0) is 11.2 Å². The van der Waals surface area contributed by atoms with Crippen LogP contribution in [0.25, 0.3) is 10.6 Å². The lowest BCUT2D eigenvalue weighted by Gasteiger charge is -2.06. The lowest BCUT2D eigenvalue weighted by molar-refractivity contribution is -0.114. The Balaban J connectivity index is 1.51. The Kier molecular flexibility index (Phi) is 5.80. The molecule has 134 valence electrons. The van der Waals surface area contributed by atoms with Crippen molar-refractivity contribution in [2.24, 2.45) is 0 Å². The first kappa shape index (κ1) is 18.3. The Morgan fingerprint density at radius 2 is 1.88 bits per heavy atom.